The van der Waals surface area contributed by atoms with E-state index < -0.39 is 46.7 Å². The number of carbonyl (C=O) groups excluding carboxylic acids is 1. The predicted molar refractivity (Wildman–Crippen MR) is 101 cm³/mol. The van der Waals surface area contributed by atoms with Crippen LogP contribution in [-0.2, 0) is 4.79 Å². The van der Waals surface area contributed by atoms with Crippen molar-refractivity contribution in [3.05, 3.63) is 82.9 Å². The Morgan fingerprint density at radius 3 is 2.42 bits per heavy atom. The van der Waals surface area contributed by atoms with E-state index in [2.05, 4.69) is 10.4 Å². The van der Waals surface area contributed by atoms with E-state index in [1.165, 1.54) is 12.1 Å². The number of rotatable bonds is 2. The second-order valence-electron chi connectivity index (χ2n) is 6.67. The van der Waals surface area contributed by atoms with Crippen LogP contribution in [0.5, 0.6) is 0 Å². The number of fused-ring (bicyclic) bond motifs is 1. The van der Waals surface area contributed by atoms with Crippen molar-refractivity contribution in [3.8, 4) is 6.07 Å². The quantitative estimate of drug-likeness (QED) is 0.734. The van der Waals surface area contributed by atoms with Gasteiger partial charge in [0, 0.05) is 29.0 Å². The van der Waals surface area contributed by atoms with Crippen LogP contribution in [0.15, 0.2) is 59.7 Å². The number of allylic oxidation sites excluding steroid dienone is 1. The highest BCUT2D eigenvalue weighted by molar-refractivity contribution is 6.27. The van der Waals surface area contributed by atoms with Gasteiger partial charge in [0.1, 0.15) is 17.8 Å². The molecule has 0 fully saturated rings. The molecule has 5 nitrogen and oxygen atoms in total. The molecular formula is C21H11F5N4O. The van der Waals surface area contributed by atoms with E-state index in [-0.39, 0.29) is 5.70 Å². The number of amides is 1. The summed E-state index contributed by atoms with van der Waals surface area (Å²) in [5.41, 5.74) is -1.40. The van der Waals surface area contributed by atoms with Crippen LogP contribution >= 0.6 is 0 Å². The number of nitrogens with one attached hydrogen (secondary N) is 1. The molecule has 1 N–H and O–H groups in total. The highest BCUT2D eigenvalue weighted by Gasteiger charge is 2.44. The summed E-state index contributed by atoms with van der Waals surface area (Å²) in [6.45, 7) is 0. The van der Waals surface area contributed by atoms with Gasteiger partial charge in [0.25, 0.3) is 5.91 Å². The highest BCUT2D eigenvalue weighted by Crippen LogP contribution is 2.35. The van der Waals surface area contributed by atoms with Gasteiger partial charge in [0.2, 0.25) is 0 Å². The summed E-state index contributed by atoms with van der Waals surface area (Å²) in [7, 11) is 0. The summed E-state index contributed by atoms with van der Waals surface area (Å²) in [6, 6.07) is 10.3. The first-order valence-corrected chi connectivity index (χ1v) is 8.83. The third kappa shape index (κ3) is 3.77. The van der Waals surface area contributed by atoms with Gasteiger partial charge < -0.3 is 5.32 Å². The van der Waals surface area contributed by atoms with Crippen LogP contribution in [-0.4, -0.2) is 29.0 Å². The van der Waals surface area contributed by atoms with E-state index in [1.54, 1.807) is 12.1 Å². The van der Waals surface area contributed by atoms with Gasteiger partial charge in [-0.1, -0.05) is 12.1 Å². The minimum atomic E-state index is -4.99. The van der Waals surface area contributed by atoms with Gasteiger partial charge in [-0.05, 0) is 35.9 Å². The number of hydrogen-bond donors (Lipinski definition) is 1. The zero-order chi connectivity index (χ0) is 22.3. The number of halogens is 5. The molecule has 2 aromatic rings. The minimum Gasteiger partial charge on any atom is -0.360 e. The van der Waals surface area contributed by atoms with Crippen molar-refractivity contribution in [1.82, 2.24) is 10.3 Å². The lowest BCUT2D eigenvalue weighted by Crippen LogP contribution is -2.50. The third-order valence-electron chi connectivity index (χ3n) is 4.66. The summed E-state index contributed by atoms with van der Waals surface area (Å²) in [6.07, 6.45) is -4.05. The molecule has 1 unspecified atom stereocenters. The van der Waals surface area contributed by atoms with E-state index in [4.69, 9.17) is 5.26 Å². The molecule has 0 aliphatic carbocycles. The Hall–Kier alpha value is -4.00. The van der Waals surface area contributed by atoms with Crippen LogP contribution in [0.1, 0.15) is 16.7 Å². The number of carbonyl (C=O) groups is 1. The summed E-state index contributed by atoms with van der Waals surface area (Å²) in [4.78, 5) is 12.5. The maximum Gasteiger partial charge on any atom is 0.435 e. The van der Waals surface area contributed by atoms with Crippen LogP contribution in [0.4, 0.5) is 22.0 Å². The van der Waals surface area contributed by atoms with Crippen molar-refractivity contribution >= 4 is 22.9 Å². The number of hydrogen-bond acceptors (Lipinski definition) is 4. The Bertz CT molecular complexity index is 1210. The molecule has 2 heterocycles. The molecule has 1 atom stereocenters. The Kier molecular flexibility index (Phi) is 4.81. The second kappa shape index (κ2) is 7.36. The van der Waals surface area contributed by atoms with Crippen LogP contribution < -0.4 is 5.32 Å². The third-order valence-corrected chi connectivity index (χ3v) is 4.66. The number of alkyl halides is 3. The minimum absolute atomic E-state index is 0.288. The fraction of sp³-hybridized carbons (Fsp3) is 0.0952. The molecule has 0 spiro atoms. The predicted octanol–water partition coefficient (Wildman–Crippen LogP) is 3.95. The number of nitrogens with zero attached hydrogens (tertiary/aromatic N) is 3. The molecule has 2 aromatic carbocycles. The number of benzene rings is 2. The smallest absolute Gasteiger partial charge is 0.360 e. The first kappa shape index (κ1) is 20.3. The summed E-state index contributed by atoms with van der Waals surface area (Å²) in [5, 5.41) is 15.8. The Morgan fingerprint density at radius 1 is 1.10 bits per heavy atom. The van der Waals surface area contributed by atoms with E-state index in [9.17, 15) is 26.7 Å². The van der Waals surface area contributed by atoms with E-state index in [0.717, 1.165) is 24.3 Å². The topological polar surface area (TPSA) is 68.5 Å². The zero-order valence-electron chi connectivity index (χ0n) is 15.4. The van der Waals surface area contributed by atoms with Crippen LogP contribution in [0.25, 0.3) is 11.3 Å². The molecule has 0 saturated carbocycles. The van der Waals surface area contributed by atoms with Crippen molar-refractivity contribution < 1.29 is 26.7 Å². The first-order valence-electron chi connectivity index (χ1n) is 8.83. The molecule has 0 radical (unpaired) electrons. The van der Waals surface area contributed by atoms with Crippen molar-refractivity contribution in [2.45, 2.75) is 12.3 Å². The molecule has 0 bridgehead atoms. The van der Waals surface area contributed by atoms with Gasteiger partial charge in [0.05, 0.1) is 11.6 Å². The fourth-order valence-electron chi connectivity index (χ4n) is 3.24. The molecule has 2 aliphatic heterocycles. The molecule has 1 amide bonds. The maximum absolute atomic E-state index is 14.3. The normalized spacial score (nSPS) is 18.3. The molecule has 31 heavy (non-hydrogen) atoms. The summed E-state index contributed by atoms with van der Waals surface area (Å²) >= 11 is 0. The van der Waals surface area contributed by atoms with E-state index in [1.807, 2.05) is 6.07 Å². The van der Waals surface area contributed by atoms with E-state index >= 15 is 0 Å². The van der Waals surface area contributed by atoms with Gasteiger partial charge >= 0.3 is 6.18 Å². The van der Waals surface area contributed by atoms with Gasteiger partial charge in [0.15, 0.2) is 5.71 Å². The average molecular weight is 430 g/mol. The van der Waals surface area contributed by atoms with Gasteiger partial charge in [-0.25, -0.2) is 13.8 Å². The van der Waals surface area contributed by atoms with Gasteiger partial charge in [-0.15, -0.1) is 0 Å². The lowest BCUT2D eigenvalue weighted by atomic mass is 9.96. The van der Waals surface area contributed by atoms with Gasteiger partial charge in [-0.3, -0.25) is 4.79 Å². The lowest BCUT2D eigenvalue weighted by Gasteiger charge is -2.35. The summed E-state index contributed by atoms with van der Waals surface area (Å²) < 4.78 is 68.4. The first-order chi connectivity index (χ1) is 14.7. The second-order valence-corrected chi connectivity index (χ2v) is 6.67. The molecule has 4 rings (SSSR count). The molecule has 0 saturated heterocycles. The molecule has 10 heteroatoms. The number of hydrazone groups is 1. The zero-order valence-corrected chi connectivity index (χ0v) is 15.4. The van der Waals surface area contributed by atoms with Crippen molar-refractivity contribution in [1.29, 1.82) is 5.26 Å². The Balaban J connectivity index is 1.78. The monoisotopic (exact) mass is 430 g/mol. The largest absolute Gasteiger partial charge is 0.435 e. The van der Waals surface area contributed by atoms with Gasteiger partial charge in [-0.2, -0.15) is 23.5 Å². The van der Waals surface area contributed by atoms with Crippen molar-refractivity contribution in [2.75, 3.05) is 0 Å². The average Bonchev–Trinajstić information content (AvgIpc) is 2.72. The van der Waals surface area contributed by atoms with Crippen LogP contribution in [0.2, 0.25) is 0 Å². The Morgan fingerprint density at radius 2 is 1.81 bits per heavy atom. The molecule has 0 aromatic heterocycles. The fourth-order valence-corrected chi connectivity index (χ4v) is 3.24. The van der Waals surface area contributed by atoms with Crippen molar-refractivity contribution in [2.24, 2.45) is 5.10 Å². The summed E-state index contributed by atoms with van der Waals surface area (Å²) in [5.74, 6) is -2.96. The molecule has 2 aliphatic rings. The SMILES string of the molecule is N#Cc1ccc(C2=CC(=O)N3N=C(C(F)(F)F)C(c4ccc(F)cc4F)=CC3N2)cc1. The number of nitriles is 1. The maximum atomic E-state index is 14.3. The van der Waals surface area contributed by atoms with Crippen molar-refractivity contribution in [3.63, 3.8) is 0 Å². The highest BCUT2D eigenvalue weighted by atomic mass is 19.4. The molecule has 156 valence electrons. The standard InChI is InChI=1S/C21H11F5N4O/c22-13-5-6-14(16(23)7-13)15-8-18-28-17(12-3-1-11(10-27)2-4-12)9-19(31)30(18)29-20(15)21(24,25)26/h1-9,18,28H. The van der Waals surface area contributed by atoms with E-state index in [0.29, 0.717) is 22.2 Å². The van der Waals surface area contributed by atoms with Crippen LogP contribution in [0, 0.1) is 23.0 Å². The van der Waals surface area contributed by atoms with Crippen LogP contribution in [0.3, 0.4) is 0 Å². The lowest BCUT2D eigenvalue weighted by molar-refractivity contribution is -0.128. The molecular weight excluding hydrogens is 419 g/mol. The Labute approximate surface area is 172 Å².